The summed E-state index contributed by atoms with van der Waals surface area (Å²) in [6, 6.07) is 2.06. The van der Waals surface area contributed by atoms with E-state index in [2.05, 4.69) is 6.07 Å². The van der Waals surface area contributed by atoms with E-state index in [1.165, 1.54) is 0 Å². The van der Waals surface area contributed by atoms with Crippen molar-refractivity contribution < 1.29 is 13.6 Å². The van der Waals surface area contributed by atoms with Crippen LogP contribution in [-0.4, -0.2) is 23.8 Å². The molecule has 0 aliphatic rings. The SMILES string of the molecule is CCCSP(=O)(OCC)OC(C)(C#N)CCCCl. The van der Waals surface area contributed by atoms with Gasteiger partial charge in [-0.25, -0.2) is 4.57 Å². The summed E-state index contributed by atoms with van der Waals surface area (Å²) in [5.41, 5.74) is -1.11. The van der Waals surface area contributed by atoms with Crippen LogP contribution in [0.5, 0.6) is 0 Å². The first kappa shape index (κ1) is 18.3. The molecule has 0 aromatic carbocycles. The molecule has 0 N–H and O–H groups in total. The van der Waals surface area contributed by atoms with Crippen LogP contribution in [-0.2, 0) is 13.6 Å². The molecule has 0 amide bonds. The van der Waals surface area contributed by atoms with E-state index in [-0.39, 0.29) is 0 Å². The van der Waals surface area contributed by atoms with Gasteiger partial charge in [0.2, 0.25) is 0 Å². The number of nitriles is 1. The van der Waals surface area contributed by atoms with Crippen molar-refractivity contribution in [3.8, 4) is 6.07 Å². The Morgan fingerprint density at radius 2 is 2.17 bits per heavy atom. The highest BCUT2D eigenvalue weighted by atomic mass is 35.5. The fourth-order valence-electron chi connectivity index (χ4n) is 1.22. The van der Waals surface area contributed by atoms with Gasteiger partial charge < -0.3 is 4.52 Å². The van der Waals surface area contributed by atoms with Crippen LogP contribution in [0.2, 0.25) is 0 Å². The minimum absolute atomic E-state index is 0.297. The largest absolute Gasteiger partial charge is 0.390 e. The van der Waals surface area contributed by atoms with E-state index in [9.17, 15) is 4.57 Å². The Bertz CT molecular complexity index is 324. The van der Waals surface area contributed by atoms with E-state index in [0.29, 0.717) is 31.1 Å². The Hall–Kier alpha value is 0.280. The van der Waals surface area contributed by atoms with E-state index in [1.807, 2.05) is 6.92 Å². The molecule has 0 saturated heterocycles. The van der Waals surface area contributed by atoms with Crippen LogP contribution in [0.1, 0.15) is 40.0 Å². The molecule has 0 radical (unpaired) electrons. The second-order valence-corrected chi connectivity index (χ2v) is 8.42. The molecule has 7 heteroatoms. The van der Waals surface area contributed by atoms with Crippen LogP contribution >= 0.6 is 29.8 Å². The van der Waals surface area contributed by atoms with Gasteiger partial charge in [0, 0.05) is 11.6 Å². The maximum atomic E-state index is 12.4. The smallest absolute Gasteiger partial charge is 0.301 e. The molecule has 2 atom stereocenters. The Kier molecular flexibility index (Phi) is 9.37. The summed E-state index contributed by atoms with van der Waals surface area (Å²) in [6.07, 6.45) is 1.95. The molecule has 0 aliphatic carbocycles. The van der Waals surface area contributed by atoms with Crippen LogP contribution in [0.15, 0.2) is 0 Å². The number of rotatable bonds is 10. The van der Waals surface area contributed by atoms with Crippen molar-refractivity contribution in [2.24, 2.45) is 0 Å². The molecule has 0 rings (SSSR count). The number of nitrogens with zero attached hydrogens (tertiary/aromatic N) is 1. The molecule has 106 valence electrons. The van der Waals surface area contributed by atoms with Gasteiger partial charge in [0.15, 0.2) is 5.60 Å². The third-order valence-corrected chi connectivity index (χ3v) is 6.49. The van der Waals surface area contributed by atoms with Crippen molar-refractivity contribution in [3.63, 3.8) is 0 Å². The molecule has 4 nitrogen and oxygen atoms in total. The molecule has 0 heterocycles. The van der Waals surface area contributed by atoms with E-state index in [0.717, 1.165) is 17.8 Å². The third-order valence-electron chi connectivity index (χ3n) is 2.08. The second kappa shape index (κ2) is 9.23. The van der Waals surface area contributed by atoms with Crippen LogP contribution in [0.4, 0.5) is 0 Å². The summed E-state index contributed by atoms with van der Waals surface area (Å²) < 4.78 is 23.2. The number of alkyl halides is 1. The topological polar surface area (TPSA) is 59.3 Å². The van der Waals surface area contributed by atoms with Crippen molar-refractivity contribution in [1.29, 1.82) is 5.26 Å². The fraction of sp³-hybridized carbons (Fsp3) is 0.909. The average molecular weight is 314 g/mol. The van der Waals surface area contributed by atoms with Gasteiger partial charge in [-0.15, -0.1) is 11.6 Å². The number of hydrogen-bond acceptors (Lipinski definition) is 5. The summed E-state index contributed by atoms with van der Waals surface area (Å²) in [5, 5.41) is 9.16. The van der Waals surface area contributed by atoms with Gasteiger partial charge in [-0.1, -0.05) is 6.92 Å². The molecule has 0 saturated carbocycles. The zero-order valence-corrected chi connectivity index (χ0v) is 13.6. The molecule has 18 heavy (non-hydrogen) atoms. The second-order valence-electron chi connectivity index (χ2n) is 3.92. The average Bonchev–Trinajstić information content (AvgIpc) is 2.34. The van der Waals surface area contributed by atoms with Gasteiger partial charge >= 0.3 is 6.80 Å². The normalized spacial score (nSPS) is 17.7. The Labute approximate surface area is 119 Å². The lowest BCUT2D eigenvalue weighted by Gasteiger charge is -2.26. The maximum absolute atomic E-state index is 12.4. The van der Waals surface area contributed by atoms with E-state index in [4.69, 9.17) is 25.9 Å². The van der Waals surface area contributed by atoms with Crippen molar-refractivity contribution in [2.45, 2.75) is 45.6 Å². The molecule has 0 bridgehead atoms. The van der Waals surface area contributed by atoms with Gasteiger partial charge in [-0.05, 0) is 44.5 Å². The quantitative estimate of drug-likeness (QED) is 0.436. The predicted molar refractivity (Wildman–Crippen MR) is 77.0 cm³/mol. The summed E-state index contributed by atoms with van der Waals surface area (Å²) in [5.74, 6) is 1.12. The van der Waals surface area contributed by atoms with Crippen molar-refractivity contribution in [3.05, 3.63) is 0 Å². The van der Waals surface area contributed by atoms with Crippen molar-refractivity contribution >= 4 is 29.8 Å². The standard InChI is InChI=1S/C11H21ClNO3PS/c1-4-9-18-17(14,15-5-2)16-11(3,10-13)7-6-8-12/h4-9H2,1-3H3. The van der Waals surface area contributed by atoms with Crippen LogP contribution in [0.25, 0.3) is 0 Å². The molecular weight excluding hydrogens is 293 g/mol. The highest BCUT2D eigenvalue weighted by Crippen LogP contribution is 2.63. The highest BCUT2D eigenvalue weighted by Gasteiger charge is 2.36. The molecule has 0 aromatic rings. The third kappa shape index (κ3) is 7.01. The lowest BCUT2D eigenvalue weighted by Crippen LogP contribution is -2.25. The van der Waals surface area contributed by atoms with Crippen LogP contribution in [0.3, 0.4) is 0 Å². The lowest BCUT2D eigenvalue weighted by molar-refractivity contribution is 0.112. The van der Waals surface area contributed by atoms with Crippen LogP contribution in [0, 0.1) is 11.3 Å². The maximum Gasteiger partial charge on any atom is 0.390 e. The minimum atomic E-state index is -3.26. The summed E-state index contributed by atoms with van der Waals surface area (Å²) in [6.45, 7) is 2.40. The first-order valence-electron chi connectivity index (χ1n) is 6.02. The molecule has 0 aliphatic heterocycles. The Balaban J connectivity index is 4.72. The summed E-state index contributed by atoms with van der Waals surface area (Å²) in [4.78, 5) is 0. The molecule has 0 fully saturated rings. The number of halogens is 1. The summed E-state index contributed by atoms with van der Waals surface area (Å²) in [7, 11) is 0. The molecular formula is C11H21ClNO3PS. The van der Waals surface area contributed by atoms with Crippen LogP contribution < -0.4 is 0 Å². The van der Waals surface area contributed by atoms with E-state index >= 15 is 0 Å². The molecule has 0 spiro atoms. The molecule has 0 aromatic heterocycles. The highest BCUT2D eigenvalue weighted by molar-refractivity contribution is 8.55. The van der Waals surface area contributed by atoms with Gasteiger partial charge in [0.05, 0.1) is 12.7 Å². The van der Waals surface area contributed by atoms with E-state index < -0.39 is 12.4 Å². The lowest BCUT2D eigenvalue weighted by atomic mass is 10.0. The first-order chi connectivity index (χ1) is 8.45. The first-order valence-corrected chi connectivity index (χ1v) is 9.69. The van der Waals surface area contributed by atoms with Gasteiger partial charge in [0.25, 0.3) is 0 Å². The van der Waals surface area contributed by atoms with Gasteiger partial charge in [-0.2, -0.15) is 5.26 Å². The van der Waals surface area contributed by atoms with Crippen molar-refractivity contribution in [1.82, 2.24) is 0 Å². The van der Waals surface area contributed by atoms with Gasteiger partial charge in [-0.3, -0.25) is 4.52 Å². The zero-order valence-electron chi connectivity index (χ0n) is 11.1. The Morgan fingerprint density at radius 1 is 1.50 bits per heavy atom. The zero-order chi connectivity index (χ0) is 14.1. The summed E-state index contributed by atoms with van der Waals surface area (Å²) >= 11 is 6.76. The van der Waals surface area contributed by atoms with Gasteiger partial charge in [0.1, 0.15) is 0 Å². The van der Waals surface area contributed by atoms with E-state index in [1.54, 1.807) is 13.8 Å². The monoisotopic (exact) mass is 313 g/mol. The predicted octanol–water partition coefficient (Wildman–Crippen LogP) is 4.59. The molecule has 2 unspecified atom stereocenters. The van der Waals surface area contributed by atoms with Crippen molar-refractivity contribution in [2.75, 3.05) is 18.2 Å². The number of hydrogen-bond donors (Lipinski definition) is 0. The Morgan fingerprint density at radius 3 is 2.61 bits per heavy atom. The minimum Gasteiger partial charge on any atom is -0.301 e. The fourth-order valence-corrected chi connectivity index (χ4v) is 5.30.